The molecule has 0 saturated carbocycles. The topological polar surface area (TPSA) is 136 Å². The normalized spacial score (nSPS) is 16.5. The molecule has 6 N–H and O–H groups in total. The van der Waals surface area contributed by atoms with E-state index in [9.17, 15) is 19.0 Å². The molecule has 0 spiro atoms. The van der Waals surface area contributed by atoms with Gasteiger partial charge in [-0.25, -0.2) is 0 Å². The maximum absolute atomic E-state index is 13.7. The van der Waals surface area contributed by atoms with Crippen LogP contribution >= 0.6 is 10.8 Å². The third-order valence-electron chi connectivity index (χ3n) is 7.67. The molecule has 1 heterocycles. The Kier molecular flexibility index (Phi) is 12.2. The molecule has 0 bridgehead atoms. The number of aliphatic hydroxyl groups excluding tert-OH is 1. The zero-order chi connectivity index (χ0) is 31.5. The number of benzene rings is 3. The van der Waals surface area contributed by atoms with Gasteiger partial charge in [0.05, 0.1) is 37.8 Å². The Morgan fingerprint density at radius 2 is 1.70 bits per heavy atom. The quantitative estimate of drug-likeness (QED) is 0.130. The summed E-state index contributed by atoms with van der Waals surface area (Å²) < 4.78 is 33.8. The van der Waals surface area contributed by atoms with Crippen LogP contribution in [0.3, 0.4) is 0 Å². The summed E-state index contributed by atoms with van der Waals surface area (Å²) in [4.78, 5) is 13.7. The van der Waals surface area contributed by atoms with Crippen LogP contribution in [0.1, 0.15) is 41.3 Å². The van der Waals surface area contributed by atoms with Gasteiger partial charge in [-0.2, -0.15) is 0 Å². The first kappa shape index (κ1) is 33.4. The first-order valence-electron chi connectivity index (χ1n) is 15.1. The molecule has 4 rings (SSSR count). The van der Waals surface area contributed by atoms with Crippen LogP contribution in [-0.2, 0) is 12.8 Å². The molecular weight excluding hydrogens is 580 g/mol. The Labute approximate surface area is 262 Å². The Morgan fingerprint density at radius 3 is 2.36 bits per heavy atom. The lowest BCUT2D eigenvalue weighted by molar-refractivity contribution is 0.0831. The summed E-state index contributed by atoms with van der Waals surface area (Å²) >= 11 is 0. The molecule has 3 aromatic carbocycles. The van der Waals surface area contributed by atoms with Crippen molar-refractivity contribution in [3.63, 3.8) is 0 Å². The predicted octanol–water partition coefficient (Wildman–Crippen LogP) is 4.94. The Hall–Kier alpha value is -3.48. The lowest BCUT2D eigenvalue weighted by atomic mass is 10.00. The molecule has 2 atom stereocenters. The van der Waals surface area contributed by atoms with Crippen molar-refractivity contribution in [1.29, 1.82) is 0 Å². The second kappa shape index (κ2) is 16.0. The van der Waals surface area contributed by atoms with Crippen LogP contribution < -0.4 is 29.7 Å². The van der Waals surface area contributed by atoms with E-state index in [-0.39, 0.29) is 12.5 Å². The molecule has 240 valence electrons. The number of hydrogen-bond donors (Lipinski definition) is 6. The fraction of sp³-hybridized carbons (Fsp3) is 0.424. The lowest BCUT2D eigenvalue weighted by Crippen LogP contribution is -2.49. The maximum Gasteiger partial charge on any atom is 0.251 e. The molecule has 1 aliphatic rings. The lowest BCUT2D eigenvalue weighted by Gasteiger charge is -2.47. The summed E-state index contributed by atoms with van der Waals surface area (Å²) in [6, 6.07) is 20.2. The van der Waals surface area contributed by atoms with Crippen molar-refractivity contribution in [3.8, 4) is 11.5 Å². The van der Waals surface area contributed by atoms with Crippen LogP contribution in [0.2, 0.25) is 0 Å². The molecule has 10 nitrogen and oxygen atoms in total. The van der Waals surface area contributed by atoms with Gasteiger partial charge in [0, 0.05) is 37.0 Å². The van der Waals surface area contributed by atoms with E-state index in [0.717, 1.165) is 35.5 Å². The van der Waals surface area contributed by atoms with Gasteiger partial charge in [-0.15, -0.1) is 10.8 Å². The van der Waals surface area contributed by atoms with Gasteiger partial charge >= 0.3 is 0 Å². The molecule has 3 aromatic rings. The number of methoxy groups -OCH3 is 2. The first-order valence-corrected chi connectivity index (χ1v) is 16.8. The van der Waals surface area contributed by atoms with Gasteiger partial charge in [0.15, 0.2) is 0 Å². The number of carbonyl (C=O) groups excluding carboxylic acids is 1. The van der Waals surface area contributed by atoms with Gasteiger partial charge in [0.1, 0.15) is 11.5 Å². The fourth-order valence-electron chi connectivity index (χ4n) is 5.34. The molecule has 1 amide bonds. The highest BCUT2D eigenvalue weighted by Gasteiger charge is 2.28. The number of carbonyl (C=O) groups is 1. The van der Waals surface area contributed by atoms with Crippen molar-refractivity contribution >= 4 is 28.1 Å². The minimum absolute atomic E-state index is 0.274. The van der Waals surface area contributed by atoms with E-state index in [1.54, 1.807) is 30.7 Å². The average Bonchev–Trinajstić information content (AvgIpc) is 3.02. The van der Waals surface area contributed by atoms with Crippen LogP contribution in [0.5, 0.6) is 11.5 Å². The standard InChI is InChI=1S/C33H46N4O6S/c1-4-35-27-19-26(20-28(21-27)37-14-8-9-15-44(37,40)41)33(39)36-31(18-24-10-6-5-7-11-24)32(38)23-34-13-12-25-16-29(42-2)22-30(17-25)43-3/h5-7,10-11,16-17,19-22,31-32,34-35,38,40-41H,4,8-9,12-15,18,23H2,1-3H3,(H,36,39)/t31-,32+/m0/s1. The summed E-state index contributed by atoms with van der Waals surface area (Å²) in [5, 5.41) is 20.9. The van der Waals surface area contributed by atoms with Crippen LogP contribution in [-0.4, -0.2) is 78.4 Å². The summed E-state index contributed by atoms with van der Waals surface area (Å²) in [6.07, 6.45) is 1.86. The van der Waals surface area contributed by atoms with Crippen LogP contribution in [0.4, 0.5) is 11.4 Å². The number of rotatable bonds is 15. The van der Waals surface area contributed by atoms with E-state index < -0.39 is 22.9 Å². The van der Waals surface area contributed by atoms with E-state index in [4.69, 9.17) is 9.47 Å². The molecule has 11 heteroatoms. The number of amides is 1. The van der Waals surface area contributed by atoms with Gasteiger partial charge in [-0.3, -0.25) is 18.2 Å². The molecule has 1 saturated heterocycles. The van der Waals surface area contributed by atoms with Crippen molar-refractivity contribution in [1.82, 2.24) is 10.6 Å². The third kappa shape index (κ3) is 9.26. The SMILES string of the molecule is CCNc1cc(C(=O)N[C@@H](Cc2ccccc2)[C@H](O)CNCCc2cc(OC)cc(OC)c2)cc(N2CCCCS2(O)O)c1. The zero-order valence-corrected chi connectivity index (χ0v) is 26.6. The molecule has 1 fully saturated rings. The van der Waals surface area contributed by atoms with Gasteiger partial charge < -0.3 is 30.5 Å². The molecule has 0 aromatic heterocycles. The van der Waals surface area contributed by atoms with Crippen molar-refractivity contribution in [2.24, 2.45) is 0 Å². The summed E-state index contributed by atoms with van der Waals surface area (Å²) in [5.74, 6) is 1.40. The Balaban J connectivity index is 1.48. The average molecular weight is 627 g/mol. The van der Waals surface area contributed by atoms with Gasteiger partial charge in [-0.1, -0.05) is 30.3 Å². The molecule has 0 unspecified atom stereocenters. The second-order valence-electron chi connectivity index (χ2n) is 11.0. The van der Waals surface area contributed by atoms with Crippen LogP contribution in [0.25, 0.3) is 0 Å². The van der Waals surface area contributed by atoms with E-state index in [1.165, 1.54) is 0 Å². The van der Waals surface area contributed by atoms with E-state index in [2.05, 4.69) is 16.0 Å². The monoisotopic (exact) mass is 626 g/mol. The number of nitrogens with zero attached hydrogens (tertiary/aromatic N) is 1. The molecular formula is C33H46N4O6S. The maximum atomic E-state index is 13.7. The van der Waals surface area contributed by atoms with Crippen LogP contribution in [0.15, 0.2) is 66.7 Å². The minimum atomic E-state index is -2.96. The molecule has 0 aliphatic carbocycles. The summed E-state index contributed by atoms with van der Waals surface area (Å²) in [7, 11) is 0.279. The van der Waals surface area contributed by atoms with E-state index in [1.807, 2.05) is 61.5 Å². The molecule has 44 heavy (non-hydrogen) atoms. The highest BCUT2D eigenvalue weighted by atomic mass is 32.3. The second-order valence-corrected chi connectivity index (χ2v) is 13.1. The number of aliphatic hydroxyl groups is 1. The summed E-state index contributed by atoms with van der Waals surface area (Å²) in [6.45, 7) is 3.99. The van der Waals surface area contributed by atoms with E-state index >= 15 is 0 Å². The van der Waals surface area contributed by atoms with Crippen molar-refractivity contribution in [3.05, 3.63) is 83.4 Å². The smallest absolute Gasteiger partial charge is 0.251 e. The highest BCUT2D eigenvalue weighted by Crippen LogP contribution is 2.50. The predicted molar refractivity (Wildman–Crippen MR) is 178 cm³/mol. The largest absolute Gasteiger partial charge is 0.497 e. The minimum Gasteiger partial charge on any atom is -0.497 e. The van der Waals surface area contributed by atoms with Crippen LogP contribution in [0, 0.1) is 0 Å². The first-order chi connectivity index (χ1) is 21.2. The molecule has 0 radical (unpaired) electrons. The number of ether oxygens (including phenoxy) is 2. The number of anilines is 2. The zero-order valence-electron chi connectivity index (χ0n) is 25.8. The highest BCUT2D eigenvalue weighted by molar-refractivity contribution is 8.25. The third-order valence-corrected chi connectivity index (χ3v) is 9.60. The van der Waals surface area contributed by atoms with Crippen molar-refractivity contribution < 1.29 is 28.5 Å². The fourth-order valence-corrected chi connectivity index (χ4v) is 7.01. The van der Waals surface area contributed by atoms with Gasteiger partial charge in [0.2, 0.25) is 0 Å². The van der Waals surface area contributed by atoms with Gasteiger partial charge in [-0.05, 0) is 80.6 Å². The summed E-state index contributed by atoms with van der Waals surface area (Å²) in [5.41, 5.74) is 3.71. The van der Waals surface area contributed by atoms with Crippen molar-refractivity contribution in [2.75, 3.05) is 55.8 Å². The number of nitrogens with one attached hydrogen (secondary N) is 3. The Bertz CT molecular complexity index is 1340. The molecule has 1 aliphatic heterocycles. The number of hydrogen-bond acceptors (Lipinski definition) is 9. The van der Waals surface area contributed by atoms with Crippen molar-refractivity contribution in [2.45, 2.75) is 44.8 Å². The Morgan fingerprint density at radius 1 is 0.977 bits per heavy atom. The van der Waals surface area contributed by atoms with Gasteiger partial charge in [0.25, 0.3) is 5.91 Å². The van der Waals surface area contributed by atoms with E-state index in [0.29, 0.717) is 55.2 Å².